The van der Waals surface area contributed by atoms with Crippen LogP contribution in [0.25, 0.3) is 0 Å². The maximum atomic E-state index is 12.8. The lowest BCUT2D eigenvalue weighted by Crippen LogP contribution is -2.53. The molecule has 0 spiro atoms. The second-order valence-corrected chi connectivity index (χ2v) is 13.4. The second-order valence-electron chi connectivity index (χ2n) is 13.4. The van der Waals surface area contributed by atoms with E-state index >= 15 is 0 Å². The summed E-state index contributed by atoms with van der Waals surface area (Å²) in [5.41, 5.74) is 4.93. The molecule has 6 atom stereocenters. The van der Waals surface area contributed by atoms with E-state index in [1.165, 1.54) is 45.6 Å². The van der Waals surface area contributed by atoms with Gasteiger partial charge in [-0.25, -0.2) is 4.79 Å². The van der Waals surface area contributed by atoms with Crippen molar-refractivity contribution in [1.29, 1.82) is 0 Å². The lowest BCUT2D eigenvalue weighted by atomic mass is 9.43. The van der Waals surface area contributed by atoms with Crippen LogP contribution in [0.2, 0.25) is 0 Å². The summed E-state index contributed by atoms with van der Waals surface area (Å²) in [5.74, 6) is 2.14. The minimum Gasteiger partial charge on any atom is -0.466 e. The Kier molecular flexibility index (Phi) is 6.52. The number of carbonyl (C=O) groups excluding carboxylic acids is 2. The highest BCUT2D eigenvalue weighted by atomic mass is 16.5. The van der Waals surface area contributed by atoms with E-state index in [0.717, 1.165) is 37.2 Å². The highest BCUT2D eigenvalue weighted by Gasteiger charge is 2.63. The zero-order valence-electron chi connectivity index (χ0n) is 23.1. The molecule has 6 unspecified atom stereocenters. The number of fused-ring (bicyclic) bond motifs is 4. The van der Waals surface area contributed by atoms with Crippen molar-refractivity contribution in [3.63, 3.8) is 0 Å². The first-order chi connectivity index (χ1) is 15.8. The van der Waals surface area contributed by atoms with Crippen LogP contribution in [0.3, 0.4) is 0 Å². The smallest absolute Gasteiger partial charge is 0.333 e. The van der Waals surface area contributed by atoms with Crippen molar-refractivity contribution in [2.24, 2.45) is 39.4 Å². The first-order valence-corrected chi connectivity index (χ1v) is 13.8. The summed E-state index contributed by atoms with van der Waals surface area (Å²) in [7, 11) is 1.45. The van der Waals surface area contributed by atoms with E-state index in [-0.39, 0.29) is 22.2 Å². The molecule has 2 fully saturated rings. The maximum Gasteiger partial charge on any atom is 0.333 e. The van der Waals surface area contributed by atoms with Gasteiger partial charge in [0, 0.05) is 17.4 Å². The summed E-state index contributed by atoms with van der Waals surface area (Å²) in [6, 6.07) is 0. The molecule has 0 aromatic carbocycles. The fourth-order valence-corrected chi connectivity index (χ4v) is 9.45. The molecule has 3 nitrogen and oxygen atoms in total. The van der Waals surface area contributed by atoms with Gasteiger partial charge in [0.05, 0.1) is 7.11 Å². The van der Waals surface area contributed by atoms with Crippen LogP contribution in [0.4, 0.5) is 0 Å². The highest BCUT2D eigenvalue weighted by molar-refractivity contribution is 5.87. The second kappa shape index (κ2) is 8.63. The van der Waals surface area contributed by atoms with Gasteiger partial charge in [-0.2, -0.15) is 0 Å². The third-order valence-corrected chi connectivity index (χ3v) is 11.8. The molecule has 4 aliphatic carbocycles. The number of rotatable bonds is 5. The summed E-state index contributed by atoms with van der Waals surface area (Å²) in [6.45, 7) is 16.5. The number of esters is 1. The first kappa shape index (κ1) is 25.7. The van der Waals surface area contributed by atoms with E-state index in [1.807, 2.05) is 6.92 Å². The zero-order valence-corrected chi connectivity index (χ0v) is 23.1. The minimum absolute atomic E-state index is 0.185. The molecule has 4 rings (SSSR count). The Morgan fingerprint density at radius 1 is 1.03 bits per heavy atom. The number of carbonyl (C=O) groups is 2. The van der Waals surface area contributed by atoms with Crippen LogP contribution < -0.4 is 0 Å². The van der Waals surface area contributed by atoms with Crippen LogP contribution >= 0.6 is 0 Å². The van der Waals surface area contributed by atoms with Crippen LogP contribution in [0.5, 0.6) is 0 Å². The largest absolute Gasteiger partial charge is 0.466 e. The first-order valence-electron chi connectivity index (χ1n) is 13.8. The Morgan fingerprint density at radius 3 is 2.41 bits per heavy atom. The summed E-state index contributed by atoms with van der Waals surface area (Å²) in [4.78, 5) is 24.6. The molecule has 3 heteroatoms. The van der Waals surface area contributed by atoms with Crippen molar-refractivity contribution in [3.05, 3.63) is 22.8 Å². The Hall–Kier alpha value is -1.38. The van der Waals surface area contributed by atoms with Crippen molar-refractivity contribution >= 4 is 11.8 Å². The predicted molar refractivity (Wildman–Crippen MR) is 138 cm³/mol. The predicted octanol–water partition coefficient (Wildman–Crippen LogP) is 7.84. The van der Waals surface area contributed by atoms with Crippen LogP contribution in [0.15, 0.2) is 22.8 Å². The molecule has 190 valence electrons. The summed E-state index contributed by atoms with van der Waals surface area (Å²) in [5, 5.41) is 0. The van der Waals surface area contributed by atoms with Gasteiger partial charge in [-0.1, -0.05) is 58.8 Å². The molecular formula is C31H48O3. The third kappa shape index (κ3) is 3.58. The zero-order chi connectivity index (χ0) is 25.1. The topological polar surface area (TPSA) is 43.4 Å². The molecule has 0 heterocycles. The van der Waals surface area contributed by atoms with Gasteiger partial charge in [-0.3, -0.25) is 4.79 Å². The molecule has 2 saturated carbocycles. The fourth-order valence-electron chi connectivity index (χ4n) is 9.45. The van der Waals surface area contributed by atoms with Crippen molar-refractivity contribution in [2.45, 2.75) is 113 Å². The Labute approximate surface area is 208 Å². The Morgan fingerprint density at radius 2 is 1.74 bits per heavy atom. The average Bonchev–Trinajstić information content (AvgIpc) is 3.07. The number of allylic oxidation sites excluding steroid dienone is 3. The van der Waals surface area contributed by atoms with Crippen LogP contribution in [0.1, 0.15) is 113 Å². The quantitative estimate of drug-likeness (QED) is 0.234. The molecule has 0 amide bonds. The lowest BCUT2D eigenvalue weighted by Gasteiger charge is -2.61. The fraction of sp³-hybridized carbons (Fsp3) is 0.806. The summed E-state index contributed by atoms with van der Waals surface area (Å²) < 4.78 is 4.85. The monoisotopic (exact) mass is 468 g/mol. The molecule has 4 aliphatic rings. The molecular weight excluding hydrogens is 420 g/mol. The standard InChI is InChI=1S/C31H48O3/c1-20(10-9-11-21(2)27(33)34-8)22-14-18-31(7)24-12-13-25-28(3,4)26(32)16-17-29(25,5)23(24)15-19-30(22,31)6/h11,20,22,25H,9-10,12-19H2,1-8H3/b21-11-. The lowest BCUT2D eigenvalue weighted by molar-refractivity contribution is -0.139. The van der Waals surface area contributed by atoms with Crippen molar-refractivity contribution in [3.8, 4) is 0 Å². The van der Waals surface area contributed by atoms with Crippen LogP contribution in [-0.4, -0.2) is 18.9 Å². The van der Waals surface area contributed by atoms with Gasteiger partial charge in [0.1, 0.15) is 5.78 Å². The van der Waals surface area contributed by atoms with E-state index in [9.17, 15) is 9.59 Å². The average molecular weight is 469 g/mol. The number of ketones is 1. The Bertz CT molecular complexity index is 923. The van der Waals surface area contributed by atoms with Crippen molar-refractivity contribution < 1.29 is 14.3 Å². The molecule has 34 heavy (non-hydrogen) atoms. The third-order valence-electron chi connectivity index (χ3n) is 11.8. The number of Topliss-reactive ketones (excluding diaryl/α,β-unsaturated/α-hetero) is 1. The SMILES string of the molecule is COC(=O)/C(C)=C\CCC(C)C1CCC2(C)C3=C(CCC12C)C1(C)CCC(=O)C(C)(C)C1CC3. The van der Waals surface area contributed by atoms with Gasteiger partial charge in [0.2, 0.25) is 0 Å². The van der Waals surface area contributed by atoms with Gasteiger partial charge in [0.25, 0.3) is 0 Å². The van der Waals surface area contributed by atoms with Gasteiger partial charge in [-0.05, 0) is 98.7 Å². The van der Waals surface area contributed by atoms with Crippen molar-refractivity contribution in [2.75, 3.05) is 7.11 Å². The molecule has 0 bridgehead atoms. The van der Waals surface area contributed by atoms with Crippen LogP contribution in [-0.2, 0) is 14.3 Å². The molecule has 0 aliphatic heterocycles. The van der Waals surface area contributed by atoms with E-state index in [2.05, 4.69) is 47.6 Å². The van der Waals surface area contributed by atoms with Crippen LogP contribution in [0, 0.1) is 39.4 Å². The number of hydrogen-bond donors (Lipinski definition) is 0. The Balaban J connectivity index is 1.58. The number of ether oxygens (including phenoxy) is 1. The maximum absolute atomic E-state index is 12.8. The summed E-state index contributed by atoms with van der Waals surface area (Å²) >= 11 is 0. The van der Waals surface area contributed by atoms with E-state index in [0.29, 0.717) is 23.0 Å². The van der Waals surface area contributed by atoms with Gasteiger partial charge in [0.15, 0.2) is 0 Å². The molecule has 0 aromatic heterocycles. The van der Waals surface area contributed by atoms with Gasteiger partial charge >= 0.3 is 5.97 Å². The van der Waals surface area contributed by atoms with E-state index in [4.69, 9.17) is 4.74 Å². The molecule has 0 aromatic rings. The van der Waals surface area contributed by atoms with Gasteiger partial charge in [-0.15, -0.1) is 0 Å². The van der Waals surface area contributed by atoms with Gasteiger partial charge < -0.3 is 4.74 Å². The van der Waals surface area contributed by atoms with E-state index in [1.54, 1.807) is 11.1 Å². The molecule has 0 saturated heterocycles. The normalized spacial score (nSPS) is 40.4. The number of methoxy groups -OCH3 is 1. The minimum atomic E-state index is -0.212. The van der Waals surface area contributed by atoms with Crippen molar-refractivity contribution in [1.82, 2.24) is 0 Å². The highest BCUT2D eigenvalue weighted by Crippen LogP contribution is 2.72. The van der Waals surface area contributed by atoms with E-state index < -0.39 is 0 Å². The molecule has 0 radical (unpaired) electrons. The summed E-state index contributed by atoms with van der Waals surface area (Å²) in [6.07, 6.45) is 13.4. The number of hydrogen-bond acceptors (Lipinski definition) is 3. The molecule has 0 N–H and O–H groups in total.